The topological polar surface area (TPSA) is 0 Å². The van der Waals surface area contributed by atoms with Gasteiger partial charge in [-0.3, -0.25) is 0 Å². The molecule has 0 aromatic carbocycles. The second-order valence-electron chi connectivity index (χ2n) is 1.90. The van der Waals surface area contributed by atoms with Crippen LogP contribution in [0, 0.1) is 5.92 Å². The van der Waals surface area contributed by atoms with Crippen LogP contribution in [0.3, 0.4) is 0 Å². The molecule has 1 aliphatic heterocycles. The van der Waals surface area contributed by atoms with Crippen molar-refractivity contribution in [2.75, 3.05) is 0 Å². The minimum atomic E-state index is 0.995. The number of fused-ring (bicyclic) bond motifs is 1. The summed E-state index contributed by atoms with van der Waals surface area (Å²) in [5.41, 5.74) is 0. The van der Waals surface area contributed by atoms with Crippen molar-refractivity contribution in [2.24, 2.45) is 5.92 Å². The lowest BCUT2D eigenvalue weighted by atomic mass is 10.4. The summed E-state index contributed by atoms with van der Waals surface area (Å²) in [5.74, 6) is 0.995. The third-order valence-corrected chi connectivity index (χ3v) is 2.56. The zero-order valence-corrected chi connectivity index (χ0v) is 4.24. The molecule has 2 rings (SSSR count). The molecule has 6 heavy (non-hydrogen) atoms. The van der Waals surface area contributed by atoms with E-state index in [1.165, 1.54) is 6.42 Å². The summed E-state index contributed by atoms with van der Waals surface area (Å²) >= 11 is 1.99. The highest BCUT2D eigenvalue weighted by atomic mass is 32.2. The Morgan fingerprint density at radius 2 is 2.67 bits per heavy atom. The average molecular weight is 98.2 g/mol. The predicted octanol–water partition coefficient (Wildman–Crippen LogP) is 1.64. The quantitative estimate of drug-likeness (QED) is 0.444. The third-order valence-electron chi connectivity index (χ3n) is 1.36. The van der Waals surface area contributed by atoms with Gasteiger partial charge in [0.25, 0.3) is 0 Å². The summed E-state index contributed by atoms with van der Waals surface area (Å²) in [7, 11) is 0. The van der Waals surface area contributed by atoms with Crippen molar-refractivity contribution in [1.82, 2.24) is 0 Å². The minimum Gasteiger partial charge on any atom is -0.130 e. The molecule has 0 bridgehead atoms. The van der Waals surface area contributed by atoms with Crippen LogP contribution in [0.25, 0.3) is 0 Å². The Morgan fingerprint density at radius 3 is 2.83 bits per heavy atom. The number of rotatable bonds is 0. The fraction of sp³-hybridized carbons (Fsp3) is 0.600. The van der Waals surface area contributed by atoms with Crippen molar-refractivity contribution in [3.8, 4) is 0 Å². The molecule has 1 fully saturated rings. The molecule has 0 saturated heterocycles. The van der Waals surface area contributed by atoms with Crippen molar-refractivity contribution >= 4 is 11.8 Å². The third kappa shape index (κ3) is 0.267. The molecule has 0 nitrogen and oxygen atoms in total. The maximum absolute atomic E-state index is 2.31. The first-order chi connectivity index (χ1) is 2.97. The summed E-state index contributed by atoms with van der Waals surface area (Å²) in [6.45, 7) is 0. The molecular formula is C5H6S. The highest BCUT2D eigenvalue weighted by molar-refractivity contribution is 8.03. The summed E-state index contributed by atoms with van der Waals surface area (Å²) in [5, 5.41) is 3.24. The highest BCUT2D eigenvalue weighted by Gasteiger charge is 2.37. The SMILES string of the molecule is C1=CC2CC2S1. The molecule has 1 heteroatoms. The predicted molar refractivity (Wildman–Crippen MR) is 28.6 cm³/mol. The van der Waals surface area contributed by atoms with Crippen LogP contribution >= 0.6 is 11.8 Å². The van der Waals surface area contributed by atoms with E-state index in [1.807, 2.05) is 11.8 Å². The van der Waals surface area contributed by atoms with E-state index < -0.39 is 0 Å². The maximum Gasteiger partial charge on any atom is 0.0158 e. The van der Waals surface area contributed by atoms with E-state index in [0.29, 0.717) is 0 Å². The first-order valence-corrected chi connectivity index (χ1v) is 3.23. The average Bonchev–Trinajstić information content (AvgIpc) is 2.17. The van der Waals surface area contributed by atoms with Gasteiger partial charge in [0.1, 0.15) is 0 Å². The van der Waals surface area contributed by atoms with E-state index in [9.17, 15) is 0 Å². The van der Waals surface area contributed by atoms with Crippen LogP contribution in [0.4, 0.5) is 0 Å². The summed E-state index contributed by atoms with van der Waals surface area (Å²) in [6, 6.07) is 0. The monoisotopic (exact) mass is 98.0 g/mol. The van der Waals surface area contributed by atoms with Crippen LogP contribution in [0.1, 0.15) is 6.42 Å². The van der Waals surface area contributed by atoms with Gasteiger partial charge >= 0.3 is 0 Å². The van der Waals surface area contributed by atoms with Crippen LogP contribution < -0.4 is 0 Å². The van der Waals surface area contributed by atoms with Gasteiger partial charge in [-0.15, -0.1) is 11.8 Å². The second-order valence-corrected chi connectivity index (χ2v) is 3.05. The molecule has 2 atom stereocenters. The van der Waals surface area contributed by atoms with Gasteiger partial charge in [0.05, 0.1) is 0 Å². The van der Waals surface area contributed by atoms with Crippen molar-refractivity contribution in [2.45, 2.75) is 11.7 Å². The maximum atomic E-state index is 2.31. The lowest BCUT2D eigenvalue weighted by Gasteiger charge is -1.73. The lowest BCUT2D eigenvalue weighted by Crippen LogP contribution is -1.61. The second kappa shape index (κ2) is 0.836. The minimum absolute atomic E-state index is 0.995. The van der Waals surface area contributed by atoms with E-state index in [1.54, 1.807) is 0 Å². The Kier molecular flexibility index (Phi) is 0.438. The fourth-order valence-corrected chi connectivity index (χ4v) is 1.92. The van der Waals surface area contributed by atoms with Crippen LogP contribution in [0.2, 0.25) is 0 Å². The molecule has 1 saturated carbocycles. The van der Waals surface area contributed by atoms with Crippen LogP contribution in [0.5, 0.6) is 0 Å². The first-order valence-electron chi connectivity index (χ1n) is 2.29. The molecule has 2 unspecified atom stereocenters. The van der Waals surface area contributed by atoms with Crippen LogP contribution in [0.15, 0.2) is 11.5 Å². The Balaban J connectivity index is 2.26. The zero-order chi connectivity index (χ0) is 3.98. The molecular weight excluding hydrogens is 92.1 g/mol. The van der Waals surface area contributed by atoms with Gasteiger partial charge in [0, 0.05) is 5.25 Å². The molecule has 2 aliphatic rings. The Labute approximate surface area is 41.6 Å². The molecule has 0 aromatic heterocycles. The van der Waals surface area contributed by atoms with Gasteiger partial charge in [-0.25, -0.2) is 0 Å². The van der Waals surface area contributed by atoms with Crippen LogP contribution in [-0.4, -0.2) is 5.25 Å². The van der Waals surface area contributed by atoms with Crippen molar-refractivity contribution in [1.29, 1.82) is 0 Å². The molecule has 0 radical (unpaired) electrons. The number of thioether (sulfide) groups is 1. The fourth-order valence-electron chi connectivity index (χ4n) is 0.796. The zero-order valence-electron chi connectivity index (χ0n) is 3.42. The van der Waals surface area contributed by atoms with Crippen molar-refractivity contribution in [3.05, 3.63) is 11.5 Å². The summed E-state index contributed by atoms with van der Waals surface area (Å²) < 4.78 is 0. The van der Waals surface area contributed by atoms with Crippen LogP contribution in [-0.2, 0) is 0 Å². The van der Waals surface area contributed by atoms with Gasteiger partial charge in [-0.1, -0.05) is 6.08 Å². The largest absolute Gasteiger partial charge is 0.130 e. The molecule has 0 amide bonds. The van der Waals surface area contributed by atoms with Crippen molar-refractivity contribution < 1.29 is 0 Å². The van der Waals surface area contributed by atoms with Gasteiger partial charge in [0.15, 0.2) is 0 Å². The van der Waals surface area contributed by atoms with Gasteiger partial charge in [0.2, 0.25) is 0 Å². The smallest absolute Gasteiger partial charge is 0.0158 e. The molecule has 0 spiro atoms. The Hall–Kier alpha value is 0.0900. The molecule has 0 aromatic rings. The van der Waals surface area contributed by atoms with E-state index in [4.69, 9.17) is 0 Å². The van der Waals surface area contributed by atoms with E-state index in [0.717, 1.165) is 11.2 Å². The number of allylic oxidation sites excluding steroid dienone is 1. The number of hydrogen-bond acceptors (Lipinski definition) is 1. The Morgan fingerprint density at radius 1 is 1.67 bits per heavy atom. The molecule has 1 heterocycles. The van der Waals surface area contributed by atoms with E-state index in [-0.39, 0.29) is 0 Å². The van der Waals surface area contributed by atoms with E-state index >= 15 is 0 Å². The first kappa shape index (κ1) is 3.14. The normalized spacial score (nSPS) is 49.3. The molecule has 1 aliphatic carbocycles. The summed E-state index contributed by atoms with van der Waals surface area (Å²) in [6.07, 6.45) is 3.77. The summed E-state index contributed by atoms with van der Waals surface area (Å²) in [4.78, 5) is 0. The highest BCUT2D eigenvalue weighted by Crippen LogP contribution is 2.48. The standard InChI is InChI=1S/C5H6S/c1-2-6-5-3-4(1)5/h1-2,4-5H,3H2. The Bertz CT molecular complexity index is 96.1. The number of hydrogen-bond donors (Lipinski definition) is 0. The van der Waals surface area contributed by atoms with Gasteiger partial charge in [-0.2, -0.15) is 0 Å². The van der Waals surface area contributed by atoms with E-state index in [2.05, 4.69) is 11.5 Å². The molecule has 32 valence electrons. The molecule has 0 N–H and O–H groups in total. The lowest BCUT2D eigenvalue weighted by molar-refractivity contribution is 1.15. The van der Waals surface area contributed by atoms with Gasteiger partial charge < -0.3 is 0 Å². The van der Waals surface area contributed by atoms with Crippen molar-refractivity contribution in [3.63, 3.8) is 0 Å². The van der Waals surface area contributed by atoms with Gasteiger partial charge in [-0.05, 0) is 17.7 Å².